The molecule has 14 heteroatoms. The first kappa shape index (κ1) is 36.5. The third-order valence-electron chi connectivity index (χ3n) is 9.18. The molecule has 3 aromatic rings. The van der Waals surface area contributed by atoms with Crippen LogP contribution >= 0.6 is 0 Å². The van der Waals surface area contributed by atoms with Crippen LogP contribution in [0.2, 0.25) is 0 Å². The number of alkyl carbamates (subject to hydrolysis) is 1. The maximum Gasteiger partial charge on any atom is 0.407 e. The first-order chi connectivity index (χ1) is 24.6. The van der Waals surface area contributed by atoms with E-state index in [0.717, 1.165) is 11.3 Å². The number of benzene rings is 2. The molecular weight excluding hydrogens is 675 g/mol. The summed E-state index contributed by atoms with van der Waals surface area (Å²) in [6, 6.07) is 18.6. The summed E-state index contributed by atoms with van der Waals surface area (Å²) in [6.45, 7) is 4.86. The number of sulfonamides is 1. The van der Waals surface area contributed by atoms with Gasteiger partial charge >= 0.3 is 6.09 Å². The quantitative estimate of drug-likeness (QED) is 0.135. The van der Waals surface area contributed by atoms with Crippen LogP contribution in [0.3, 0.4) is 0 Å². The molecule has 5 unspecified atom stereocenters. The summed E-state index contributed by atoms with van der Waals surface area (Å²) in [7, 11) is -4.17. The van der Waals surface area contributed by atoms with Crippen molar-refractivity contribution in [2.24, 2.45) is 11.8 Å². The van der Waals surface area contributed by atoms with Crippen molar-refractivity contribution in [2.45, 2.75) is 62.5 Å². The van der Waals surface area contributed by atoms with Crippen molar-refractivity contribution in [3.05, 3.63) is 95.9 Å². The summed E-state index contributed by atoms with van der Waals surface area (Å²) < 4.78 is 46.7. The number of hydrogen-bond acceptors (Lipinski definition) is 10. The lowest BCUT2D eigenvalue weighted by Crippen LogP contribution is -2.51. The van der Waals surface area contributed by atoms with E-state index in [1.165, 1.54) is 16.4 Å². The fourth-order valence-corrected chi connectivity index (χ4v) is 8.22. The average Bonchev–Trinajstić information content (AvgIpc) is 3.82. The molecule has 272 valence electrons. The highest BCUT2D eigenvalue weighted by atomic mass is 32.2. The SMILES string of the molecule is CC(C)CN(CC(O)C(Cc1ccccc1)NC(=O)OC1COC2OCCC12)S(=O)(=O)c1ccc2c(c1)/C(=C/NCCc1ccccn1)C(=O)N2. The highest BCUT2D eigenvalue weighted by Crippen LogP contribution is 2.35. The number of pyridine rings is 1. The lowest BCUT2D eigenvalue weighted by atomic mass is 10.0. The molecular formula is C37H45N5O8S. The van der Waals surface area contributed by atoms with Gasteiger partial charge in [0.25, 0.3) is 5.91 Å². The van der Waals surface area contributed by atoms with Crippen LogP contribution in [0.1, 0.15) is 37.1 Å². The number of ether oxygens (including phenoxy) is 3. The lowest BCUT2D eigenvalue weighted by molar-refractivity contribution is -0.110. The molecule has 0 saturated carbocycles. The number of amides is 2. The topological polar surface area (TPSA) is 168 Å². The third-order valence-corrected chi connectivity index (χ3v) is 11.0. The van der Waals surface area contributed by atoms with Crippen LogP contribution in [0.15, 0.2) is 84.0 Å². The first-order valence-electron chi connectivity index (χ1n) is 17.3. The smallest absolute Gasteiger partial charge is 0.407 e. The Kier molecular flexibility index (Phi) is 11.7. The predicted molar refractivity (Wildman–Crippen MR) is 190 cm³/mol. The highest BCUT2D eigenvalue weighted by molar-refractivity contribution is 7.89. The lowest BCUT2D eigenvalue weighted by Gasteiger charge is -2.31. The van der Waals surface area contributed by atoms with E-state index in [1.54, 1.807) is 18.5 Å². The molecule has 2 saturated heterocycles. The van der Waals surface area contributed by atoms with Gasteiger partial charge in [-0.3, -0.25) is 9.78 Å². The van der Waals surface area contributed by atoms with Crippen molar-refractivity contribution >= 4 is 33.3 Å². The Labute approximate surface area is 298 Å². The monoisotopic (exact) mass is 719 g/mol. The second-order valence-corrected chi connectivity index (χ2v) is 15.4. The fraction of sp³-hybridized carbons (Fsp3) is 0.432. The summed E-state index contributed by atoms with van der Waals surface area (Å²) in [5, 5.41) is 20.4. The van der Waals surface area contributed by atoms with Crippen molar-refractivity contribution in [1.29, 1.82) is 0 Å². The van der Waals surface area contributed by atoms with Crippen molar-refractivity contribution in [1.82, 2.24) is 19.9 Å². The Balaban J connectivity index is 1.19. The number of carbonyl (C=O) groups is 2. The number of hydrogen-bond donors (Lipinski definition) is 4. The number of aliphatic hydroxyl groups is 1. The van der Waals surface area contributed by atoms with Gasteiger partial charge < -0.3 is 35.3 Å². The Morgan fingerprint density at radius 2 is 1.92 bits per heavy atom. The molecule has 0 spiro atoms. The van der Waals surface area contributed by atoms with Crippen LogP contribution in [0.25, 0.3) is 5.57 Å². The number of fused-ring (bicyclic) bond motifs is 2. The summed E-state index contributed by atoms with van der Waals surface area (Å²) in [5.41, 5.74) is 3.01. The second kappa shape index (κ2) is 16.3. The average molecular weight is 720 g/mol. The van der Waals surface area contributed by atoms with E-state index in [9.17, 15) is 23.1 Å². The highest BCUT2D eigenvalue weighted by Gasteiger charge is 2.44. The summed E-state index contributed by atoms with van der Waals surface area (Å²) in [4.78, 5) is 30.3. The molecule has 3 aliphatic heterocycles. The van der Waals surface area contributed by atoms with E-state index in [1.807, 2.05) is 62.4 Å². The summed E-state index contributed by atoms with van der Waals surface area (Å²) in [6.07, 6.45) is 2.00. The molecule has 4 heterocycles. The molecule has 2 aromatic carbocycles. The molecule has 0 bridgehead atoms. The molecule has 6 rings (SSSR count). The van der Waals surface area contributed by atoms with Crippen LogP contribution < -0.4 is 16.0 Å². The normalized spacial score (nSPS) is 21.7. The van der Waals surface area contributed by atoms with Crippen molar-refractivity contribution in [2.75, 3.05) is 38.2 Å². The van der Waals surface area contributed by atoms with Gasteiger partial charge in [-0.05, 0) is 54.7 Å². The van der Waals surface area contributed by atoms with Crippen LogP contribution in [0.4, 0.5) is 10.5 Å². The van der Waals surface area contributed by atoms with E-state index in [-0.39, 0.29) is 48.8 Å². The van der Waals surface area contributed by atoms with Gasteiger partial charge in [0.15, 0.2) is 6.29 Å². The third kappa shape index (κ3) is 8.94. The molecule has 1 aromatic heterocycles. The van der Waals surface area contributed by atoms with Gasteiger partial charge in [-0.2, -0.15) is 4.31 Å². The molecule has 2 fully saturated rings. The zero-order valence-electron chi connectivity index (χ0n) is 28.7. The van der Waals surface area contributed by atoms with E-state index in [0.29, 0.717) is 42.8 Å². The Bertz CT molecular complexity index is 1810. The molecule has 2 amide bonds. The summed E-state index contributed by atoms with van der Waals surface area (Å²) >= 11 is 0. The first-order valence-corrected chi connectivity index (χ1v) is 18.7. The number of aliphatic hydroxyl groups excluding tert-OH is 1. The van der Waals surface area contributed by atoms with Gasteiger partial charge in [0.05, 0.1) is 41.7 Å². The fourth-order valence-electron chi connectivity index (χ4n) is 6.58. The van der Waals surface area contributed by atoms with Gasteiger partial charge in [0, 0.05) is 55.4 Å². The zero-order valence-corrected chi connectivity index (χ0v) is 29.6. The van der Waals surface area contributed by atoms with Gasteiger partial charge in [0.1, 0.15) is 6.10 Å². The maximum absolute atomic E-state index is 14.3. The maximum atomic E-state index is 14.3. The minimum absolute atomic E-state index is 0.0217. The van der Waals surface area contributed by atoms with Crippen LogP contribution in [0, 0.1) is 11.8 Å². The van der Waals surface area contributed by atoms with Crippen molar-refractivity contribution < 1.29 is 37.3 Å². The van der Waals surface area contributed by atoms with Crippen LogP contribution in [0.5, 0.6) is 0 Å². The Morgan fingerprint density at radius 1 is 1.12 bits per heavy atom. The Hall–Kier alpha value is -4.34. The molecule has 4 N–H and O–H groups in total. The number of nitrogens with one attached hydrogen (secondary N) is 3. The number of carbonyl (C=O) groups excluding carboxylic acids is 2. The molecule has 5 atom stereocenters. The molecule has 0 radical (unpaired) electrons. The van der Waals surface area contributed by atoms with Crippen LogP contribution in [-0.4, -0.2) is 92.2 Å². The second-order valence-electron chi connectivity index (χ2n) is 13.4. The zero-order chi connectivity index (χ0) is 36.0. The number of rotatable bonds is 15. The molecule has 13 nitrogen and oxygen atoms in total. The standard InChI is InChI=1S/C37H45N5O8S/c1-24(2)21-42(22-33(43)32(18-25-8-4-3-5-9-25)41-37(45)50-34-23-49-36-28(34)14-17-48-36)51(46,47)27-11-12-31-29(19-27)30(35(44)40-31)20-38-16-13-26-10-6-7-15-39-26/h3-12,15,19-20,24,28,32-34,36,38,43H,13-14,16-18,21-23H2,1-2H3,(H,40,44)(H,41,45)/b30-20-. The minimum atomic E-state index is -4.17. The van der Waals surface area contributed by atoms with Crippen molar-refractivity contribution in [3.63, 3.8) is 0 Å². The van der Waals surface area contributed by atoms with E-state index < -0.39 is 40.7 Å². The Morgan fingerprint density at radius 3 is 2.69 bits per heavy atom. The molecule has 51 heavy (non-hydrogen) atoms. The van der Waals surface area contributed by atoms with Gasteiger partial charge in [-0.15, -0.1) is 0 Å². The van der Waals surface area contributed by atoms with Crippen LogP contribution in [-0.2, 0) is 41.9 Å². The minimum Gasteiger partial charge on any atom is -0.443 e. The number of nitrogens with zero attached hydrogens (tertiary/aromatic N) is 2. The van der Waals surface area contributed by atoms with Gasteiger partial charge in [-0.1, -0.05) is 50.2 Å². The summed E-state index contributed by atoms with van der Waals surface area (Å²) in [5.74, 6) is -0.491. The van der Waals surface area contributed by atoms with E-state index in [4.69, 9.17) is 14.2 Å². The number of anilines is 1. The molecule has 3 aliphatic rings. The van der Waals surface area contributed by atoms with Crippen molar-refractivity contribution in [3.8, 4) is 0 Å². The van der Waals surface area contributed by atoms with E-state index >= 15 is 0 Å². The largest absolute Gasteiger partial charge is 0.443 e. The van der Waals surface area contributed by atoms with Gasteiger partial charge in [-0.25, -0.2) is 13.2 Å². The number of aromatic nitrogens is 1. The molecule has 0 aliphatic carbocycles. The van der Waals surface area contributed by atoms with E-state index in [2.05, 4.69) is 20.9 Å². The predicted octanol–water partition coefficient (Wildman–Crippen LogP) is 3.31. The van der Waals surface area contributed by atoms with Gasteiger partial charge in [0.2, 0.25) is 10.0 Å².